The van der Waals surface area contributed by atoms with E-state index >= 15 is 0 Å². The Morgan fingerprint density at radius 3 is 2.53 bits per heavy atom. The lowest BCUT2D eigenvalue weighted by molar-refractivity contribution is -0.140. The third-order valence-electron chi connectivity index (χ3n) is 4.35. The van der Waals surface area contributed by atoms with Gasteiger partial charge in [0.2, 0.25) is 5.91 Å². The van der Waals surface area contributed by atoms with Gasteiger partial charge in [-0.3, -0.25) is 4.79 Å². The van der Waals surface area contributed by atoms with E-state index in [0.29, 0.717) is 18.4 Å². The fourth-order valence-electron chi connectivity index (χ4n) is 2.57. The minimum Gasteiger partial charge on any atom is -0.338 e. The molecule has 1 aliphatic heterocycles. The molecule has 0 aromatic carbocycles. The Morgan fingerprint density at radius 2 is 2.06 bits per heavy atom. The van der Waals surface area contributed by atoms with Gasteiger partial charge in [-0.2, -0.15) is 0 Å². The normalized spacial score (nSPS) is 27.3. The number of amides is 1. The Bertz CT molecular complexity index is 253. The van der Waals surface area contributed by atoms with Gasteiger partial charge in [0.1, 0.15) is 0 Å². The quantitative estimate of drug-likeness (QED) is 0.819. The Hall–Kier alpha value is -0.570. The number of nitrogens with zero attached hydrogens (tertiary/aromatic N) is 1. The maximum atomic E-state index is 12.4. The number of carbonyl (C=O) groups is 1. The summed E-state index contributed by atoms with van der Waals surface area (Å²) in [5.74, 6) is 1.57. The summed E-state index contributed by atoms with van der Waals surface area (Å²) in [5.41, 5.74) is 5.83. The van der Waals surface area contributed by atoms with Crippen molar-refractivity contribution in [2.45, 2.75) is 53.0 Å². The molecule has 1 heterocycles. The van der Waals surface area contributed by atoms with Crippen LogP contribution in [0.1, 0.15) is 47.0 Å². The molecule has 0 aromatic rings. The van der Waals surface area contributed by atoms with E-state index in [4.69, 9.17) is 5.73 Å². The largest absolute Gasteiger partial charge is 0.338 e. The first kappa shape index (κ1) is 14.5. The lowest BCUT2D eigenvalue weighted by Crippen LogP contribution is -2.51. The third-order valence-corrected chi connectivity index (χ3v) is 4.35. The molecule has 1 rings (SSSR count). The van der Waals surface area contributed by atoms with Gasteiger partial charge in [0.15, 0.2) is 0 Å². The van der Waals surface area contributed by atoms with E-state index in [-0.39, 0.29) is 12.0 Å². The molecule has 3 atom stereocenters. The first-order chi connectivity index (χ1) is 8.01. The molecule has 0 saturated carbocycles. The lowest BCUT2D eigenvalue weighted by atomic mass is 9.87. The summed E-state index contributed by atoms with van der Waals surface area (Å²) in [7, 11) is 0. The third kappa shape index (κ3) is 3.44. The van der Waals surface area contributed by atoms with Crippen molar-refractivity contribution < 1.29 is 4.79 Å². The van der Waals surface area contributed by atoms with E-state index in [1.54, 1.807) is 0 Å². The highest BCUT2D eigenvalue weighted by Crippen LogP contribution is 2.27. The molecule has 100 valence electrons. The number of rotatable bonds is 4. The van der Waals surface area contributed by atoms with E-state index in [2.05, 4.69) is 20.8 Å². The molecule has 0 aromatic heterocycles. The maximum Gasteiger partial charge on any atom is 0.225 e. The summed E-state index contributed by atoms with van der Waals surface area (Å²) in [6, 6.07) is 0.266. The minimum atomic E-state index is 0.113. The molecule has 1 fully saturated rings. The highest BCUT2D eigenvalue weighted by Gasteiger charge is 2.32. The van der Waals surface area contributed by atoms with Crippen LogP contribution in [0.25, 0.3) is 0 Å². The van der Waals surface area contributed by atoms with Crippen molar-refractivity contribution in [1.29, 1.82) is 0 Å². The van der Waals surface area contributed by atoms with Gasteiger partial charge in [-0.1, -0.05) is 34.1 Å². The lowest BCUT2D eigenvalue weighted by Gasteiger charge is -2.40. The predicted molar refractivity (Wildman–Crippen MR) is 71.6 cm³/mol. The van der Waals surface area contributed by atoms with Crippen LogP contribution >= 0.6 is 0 Å². The number of nitrogens with two attached hydrogens (primary N) is 1. The Labute approximate surface area is 106 Å². The molecule has 1 amide bonds. The second-order valence-electron chi connectivity index (χ2n) is 5.75. The van der Waals surface area contributed by atoms with Crippen LogP contribution in [0.4, 0.5) is 0 Å². The number of hydrogen-bond donors (Lipinski definition) is 1. The van der Waals surface area contributed by atoms with E-state index in [0.717, 1.165) is 25.3 Å². The van der Waals surface area contributed by atoms with Crippen molar-refractivity contribution in [3.63, 3.8) is 0 Å². The van der Waals surface area contributed by atoms with Crippen molar-refractivity contribution in [1.82, 2.24) is 4.90 Å². The van der Waals surface area contributed by atoms with Crippen LogP contribution in [0.3, 0.4) is 0 Å². The van der Waals surface area contributed by atoms with Crippen molar-refractivity contribution in [2.24, 2.45) is 23.5 Å². The SMILES string of the molecule is CCC1CCN(C(=O)C(C)C(C)C)C(CN)C1. The zero-order valence-electron chi connectivity index (χ0n) is 11.8. The first-order valence-electron chi connectivity index (χ1n) is 7.01. The highest BCUT2D eigenvalue weighted by molar-refractivity contribution is 5.79. The van der Waals surface area contributed by atoms with E-state index in [9.17, 15) is 4.79 Å². The molecule has 0 bridgehead atoms. The number of piperidine rings is 1. The number of carbonyl (C=O) groups excluding carboxylic acids is 1. The monoisotopic (exact) mass is 240 g/mol. The van der Waals surface area contributed by atoms with Gasteiger partial charge >= 0.3 is 0 Å². The second-order valence-corrected chi connectivity index (χ2v) is 5.75. The standard InChI is InChI=1S/C14H28N2O/c1-5-12-6-7-16(13(8-12)9-15)14(17)11(4)10(2)3/h10-13H,5-9,15H2,1-4H3. The molecule has 3 unspecified atom stereocenters. The molecule has 0 spiro atoms. The Balaban J connectivity index is 2.66. The average molecular weight is 240 g/mol. The van der Waals surface area contributed by atoms with E-state index in [1.807, 2.05) is 11.8 Å². The summed E-state index contributed by atoms with van der Waals surface area (Å²) >= 11 is 0. The minimum absolute atomic E-state index is 0.113. The van der Waals surface area contributed by atoms with Gasteiger partial charge in [-0.25, -0.2) is 0 Å². The first-order valence-corrected chi connectivity index (χ1v) is 7.01. The van der Waals surface area contributed by atoms with Crippen LogP contribution in [0.2, 0.25) is 0 Å². The molecule has 1 saturated heterocycles. The van der Waals surface area contributed by atoms with Crippen LogP contribution < -0.4 is 5.73 Å². The molecule has 2 N–H and O–H groups in total. The summed E-state index contributed by atoms with van der Waals surface area (Å²) in [6.45, 7) is 9.99. The second kappa shape index (κ2) is 6.39. The Morgan fingerprint density at radius 1 is 1.41 bits per heavy atom. The van der Waals surface area contributed by atoms with Gasteiger partial charge in [-0.15, -0.1) is 0 Å². The van der Waals surface area contributed by atoms with Crippen molar-refractivity contribution in [3.8, 4) is 0 Å². The van der Waals surface area contributed by atoms with Crippen molar-refractivity contribution in [3.05, 3.63) is 0 Å². The van der Waals surface area contributed by atoms with Gasteiger partial charge in [0, 0.05) is 25.0 Å². The van der Waals surface area contributed by atoms with Crippen LogP contribution in [0.15, 0.2) is 0 Å². The van der Waals surface area contributed by atoms with Crippen LogP contribution in [0.5, 0.6) is 0 Å². The molecule has 3 nitrogen and oxygen atoms in total. The molecule has 0 aliphatic carbocycles. The zero-order valence-corrected chi connectivity index (χ0v) is 11.8. The molecule has 1 aliphatic rings. The van der Waals surface area contributed by atoms with Crippen molar-refractivity contribution in [2.75, 3.05) is 13.1 Å². The highest BCUT2D eigenvalue weighted by atomic mass is 16.2. The van der Waals surface area contributed by atoms with Gasteiger partial charge in [0.25, 0.3) is 0 Å². The zero-order chi connectivity index (χ0) is 13.0. The molecule has 17 heavy (non-hydrogen) atoms. The average Bonchev–Trinajstić information content (AvgIpc) is 2.35. The number of likely N-dealkylation sites (tertiary alicyclic amines) is 1. The van der Waals surface area contributed by atoms with Crippen LogP contribution in [-0.2, 0) is 4.79 Å². The van der Waals surface area contributed by atoms with Crippen LogP contribution in [-0.4, -0.2) is 29.9 Å². The van der Waals surface area contributed by atoms with E-state index in [1.165, 1.54) is 6.42 Å². The summed E-state index contributed by atoms with van der Waals surface area (Å²) in [4.78, 5) is 14.4. The predicted octanol–water partition coefficient (Wildman–Crippen LogP) is 2.25. The maximum absolute atomic E-state index is 12.4. The summed E-state index contributed by atoms with van der Waals surface area (Å²) in [5, 5.41) is 0. The van der Waals surface area contributed by atoms with Crippen molar-refractivity contribution >= 4 is 5.91 Å². The van der Waals surface area contributed by atoms with E-state index < -0.39 is 0 Å². The topological polar surface area (TPSA) is 46.3 Å². The molecule has 3 heteroatoms. The molecular weight excluding hydrogens is 212 g/mol. The van der Waals surface area contributed by atoms with Crippen LogP contribution in [0, 0.1) is 17.8 Å². The summed E-state index contributed by atoms with van der Waals surface area (Å²) < 4.78 is 0. The number of hydrogen-bond acceptors (Lipinski definition) is 2. The van der Waals surface area contributed by atoms with Gasteiger partial charge < -0.3 is 10.6 Å². The summed E-state index contributed by atoms with van der Waals surface area (Å²) in [6.07, 6.45) is 3.44. The molecular formula is C14H28N2O. The van der Waals surface area contributed by atoms with Gasteiger partial charge in [0.05, 0.1) is 0 Å². The van der Waals surface area contributed by atoms with Gasteiger partial charge in [-0.05, 0) is 24.7 Å². The smallest absolute Gasteiger partial charge is 0.225 e. The molecule has 0 radical (unpaired) electrons. The Kier molecular flexibility index (Phi) is 5.44. The fourth-order valence-corrected chi connectivity index (χ4v) is 2.57. The fraction of sp³-hybridized carbons (Fsp3) is 0.929.